The van der Waals surface area contributed by atoms with Crippen molar-refractivity contribution < 1.29 is 14.3 Å². The highest BCUT2D eigenvalue weighted by Gasteiger charge is 2.09. The number of hydrogen-bond donors (Lipinski definition) is 1. The lowest BCUT2D eigenvalue weighted by Gasteiger charge is -2.08. The minimum Gasteiger partial charge on any atom is -0.497 e. The van der Waals surface area contributed by atoms with Crippen molar-refractivity contribution in [2.75, 3.05) is 20.3 Å². The maximum atomic E-state index is 11.9. The Labute approximate surface area is 134 Å². The molecule has 0 aliphatic rings. The zero-order valence-corrected chi connectivity index (χ0v) is 13.8. The van der Waals surface area contributed by atoms with Gasteiger partial charge in [0.2, 0.25) is 5.91 Å². The summed E-state index contributed by atoms with van der Waals surface area (Å²) in [6.45, 7) is 4.78. The number of nitrogens with one attached hydrogen (secondary N) is 1. The molecule has 0 unspecified atom stereocenters. The Bertz CT molecular complexity index is 623. The molecule has 1 aromatic carbocycles. The Hall–Kier alpha value is -2.08. The van der Waals surface area contributed by atoms with Crippen LogP contribution in [-0.4, -0.2) is 31.2 Å². The van der Waals surface area contributed by atoms with E-state index in [4.69, 9.17) is 9.47 Å². The van der Waals surface area contributed by atoms with Crippen LogP contribution in [0.1, 0.15) is 15.6 Å². The molecule has 0 aliphatic carbocycles. The van der Waals surface area contributed by atoms with Crippen LogP contribution in [0.3, 0.4) is 0 Å². The Kier molecular flexibility index (Phi) is 5.77. The third-order valence-corrected chi connectivity index (χ3v) is 4.15. The Morgan fingerprint density at radius 1 is 1.23 bits per heavy atom. The highest BCUT2D eigenvalue weighted by molar-refractivity contribution is 7.11. The van der Waals surface area contributed by atoms with Crippen molar-refractivity contribution in [3.63, 3.8) is 0 Å². The fraction of sp³-hybridized carbons (Fsp3) is 0.375. The van der Waals surface area contributed by atoms with Crippen LogP contribution >= 0.6 is 11.3 Å². The van der Waals surface area contributed by atoms with Gasteiger partial charge in [0.05, 0.1) is 30.8 Å². The number of carbonyl (C=O) groups excluding carboxylic acids is 1. The molecular weight excluding hydrogens is 300 g/mol. The van der Waals surface area contributed by atoms with Crippen LogP contribution in [0.2, 0.25) is 0 Å². The fourth-order valence-corrected chi connectivity index (χ4v) is 2.91. The highest BCUT2D eigenvalue weighted by atomic mass is 32.1. The van der Waals surface area contributed by atoms with Gasteiger partial charge in [-0.15, -0.1) is 11.3 Å². The molecule has 2 rings (SSSR count). The van der Waals surface area contributed by atoms with Crippen molar-refractivity contribution in [3.05, 3.63) is 39.8 Å². The van der Waals surface area contributed by atoms with Crippen LogP contribution in [0.25, 0.3) is 0 Å². The number of benzene rings is 1. The molecule has 0 bridgehead atoms. The number of rotatable bonds is 7. The number of aryl methyl sites for hydroxylation is 2. The van der Waals surface area contributed by atoms with Gasteiger partial charge in [0.1, 0.15) is 18.1 Å². The van der Waals surface area contributed by atoms with Crippen molar-refractivity contribution in [1.82, 2.24) is 10.3 Å². The normalized spacial score (nSPS) is 10.3. The second-order valence-electron chi connectivity index (χ2n) is 4.79. The van der Waals surface area contributed by atoms with E-state index in [1.165, 1.54) is 0 Å². The molecule has 118 valence electrons. The Morgan fingerprint density at radius 3 is 2.50 bits per heavy atom. The summed E-state index contributed by atoms with van der Waals surface area (Å²) >= 11 is 1.57. The molecule has 0 fully saturated rings. The summed E-state index contributed by atoms with van der Waals surface area (Å²) in [5, 5.41) is 3.84. The van der Waals surface area contributed by atoms with Gasteiger partial charge in [0.25, 0.3) is 0 Å². The summed E-state index contributed by atoms with van der Waals surface area (Å²) in [7, 11) is 1.62. The van der Waals surface area contributed by atoms with Crippen LogP contribution in [0.15, 0.2) is 24.3 Å². The van der Waals surface area contributed by atoms with E-state index < -0.39 is 0 Å². The van der Waals surface area contributed by atoms with Gasteiger partial charge in [0.15, 0.2) is 0 Å². The topological polar surface area (TPSA) is 60.5 Å². The minimum atomic E-state index is -0.00918. The molecule has 1 heterocycles. The quantitative estimate of drug-likeness (QED) is 0.796. The number of methoxy groups -OCH3 is 1. The number of ether oxygens (including phenoxy) is 2. The molecule has 22 heavy (non-hydrogen) atoms. The average Bonchev–Trinajstić information content (AvgIpc) is 2.82. The van der Waals surface area contributed by atoms with Crippen LogP contribution < -0.4 is 14.8 Å². The van der Waals surface area contributed by atoms with Crippen LogP contribution in [-0.2, 0) is 11.2 Å². The van der Waals surface area contributed by atoms with Gasteiger partial charge in [-0.05, 0) is 38.1 Å². The highest BCUT2D eigenvalue weighted by Crippen LogP contribution is 2.18. The lowest BCUT2D eigenvalue weighted by molar-refractivity contribution is -0.120. The van der Waals surface area contributed by atoms with E-state index in [1.807, 2.05) is 38.1 Å². The SMILES string of the molecule is COc1ccc(OCCNC(=O)Cc2sc(C)nc2C)cc1. The predicted octanol–water partition coefficient (Wildman–Crippen LogP) is 2.51. The molecule has 0 spiro atoms. The first-order chi connectivity index (χ1) is 10.6. The lowest BCUT2D eigenvalue weighted by Crippen LogP contribution is -2.29. The van der Waals surface area contributed by atoms with E-state index >= 15 is 0 Å². The van der Waals surface area contributed by atoms with Crippen molar-refractivity contribution in [2.24, 2.45) is 0 Å². The fourth-order valence-electron chi connectivity index (χ4n) is 1.98. The van der Waals surface area contributed by atoms with E-state index in [9.17, 15) is 4.79 Å². The standard InChI is InChI=1S/C16H20N2O3S/c1-11-15(22-12(2)18-11)10-16(19)17-8-9-21-14-6-4-13(20-3)5-7-14/h4-7H,8-10H2,1-3H3,(H,17,19). The second-order valence-corrected chi connectivity index (χ2v) is 6.08. The number of nitrogens with zero attached hydrogens (tertiary/aromatic N) is 1. The van der Waals surface area contributed by atoms with Gasteiger partial charge >= 0.3 is 0 Å². The summed E-state index contributed by atoms with van der Waals surface area (Å²) < 4.78 is 10.6. The maximum absolute atomic E-state index is 11.9. The van der Waals surface area contributed by atoms with E-state index in [0.29, 0.717) is 19.6 Å². The average molecular weight is 320 g/mol. The molecule has 6 heteroatoms. The zero-order valence-electron chi connectivity index (χ0n) is 13.0. The van der Waals surface area contributed by atoms with Gasteiger partial charge in [-0.25, -0.2) is 4.98 Å². The molecule has 1 aromatic heterocycles. The largest absolute Gasteiger partial charge is 0.497 e. The number of carbonyl (C=O) groups is 1. The summed E-state index contributed by atoms with van der Waals surface area (Å²) in [5.41, 5.74) is 0.937. The third-order valence-electron chi connectivity index (χ3n) is 3.07. The van der Waals surface area contributed by atoms with E-state index in [1.54, 1.807) is 18.4 Å². The van der Waals surface area contributed by atoms with Crippen molar-refractivity contribution in [3.8, 4) is 11.5 Å². The molecule has 2 aromatic rings. The van der Waals surface area contributed by atoms with Crippen LogP contribution in [0, 0.1) is 13.8 Å². The number of amides is 1. The van der Waals surface area contributed by atoms with Crippen LogP contribution in [0.5, 0.6) is 11.5 Å². The number of thiazole rings is 1. The summed E-state index contributed by atoms with van der Waals surface area (Å²) in [6.07, 6.45) is 0.375. The zero-order chi connectivity index (χ0) is 15.9. The number of hydrogen-bond acceptors (Lipinski definition) is 5. The smallest absolute Gasteiger partial charge is 0.225 e. The van der Waals surface area contributed by atoms with Crippen LogP contribution in [0.4, 0.5) is 0 Å². The maximum Gasteiger partial charge on any atom is 0.225 e. The van der Waals surface area contributed by atoms with Crippen molar-refractivity contribution in [2.45, 2.75) is 20.3 Å². The van der Waals surface area contributed by atoms with Crippen molar-refractivity contribution in [1.29, 1.82) is 0 Å². The molecule has 0 aliphatic heterocycles. The first-order valence-corrected chi connectivity index (χ1v) is 7.86. The first-order valence-electron chi connectivity index (χ1n) is 7.05. The predicted molar refractivity (Wildman–Crippen MR) is 86.8 cm³/mol. The van der Waals surface area contributed by atoms with Gasteiger partial charge in [-0.1, -0.05) is 0 Å². The first kappa shape index (κ1) is 16.3. The van der Waals surface area contributed by atoms with Gasteiger partial charge in [-0.3, -0.25) is 4.79 Å². The Morgan fingerprint density at radius 2 is 1.91 bits per heavy atom. The minimum absolute atomic E-state index is 0.00918. The van der Waals surface area contributed by atoms with E-state index in [0.717, 1.165) is 27.1 Å². The molecule has 1 amide bonds. The molecular formula is C16H20N2O3S. The molecule has 0 atom stereocenters. The molecule has 0 radical (unpaired) electrons. The van der Waals surface area contributed by atoms with Crippen molar-refractivity contribution >= 4 is 17.2 Å². The lowest BCUT2D eigenvalue weighted by atomic mass is 10.3. The number of aromatic nitrogens is 1. The summed E-state index contributed by atoms with van der Waals surface area (Å²) in [6, 6.07) is 7.35. The molecule has 5 nitrogen and oxygen atoms in total. The van der Waals surface area contributed by atoms with Gasteiger partial charge in [0, 0.05) is 4.88 Å². The Balaban J connectivity index is 1.69. The van der Waals surface area contributed by atoms with Gasteiger partial charge in [-0.2, -0.15) is 0 Å². The second kappa shape index (κ2) is 7.79. The van der Waals surface area contributed by atoms with Gasteiger partial charge < -0.3 is 14.8 Å². The third kappa shape index (κ3) is 4.73. The monoisotopic (exact) mass is 320 g/mol. The molecule has 0 saturated heterocycles. The van der Waals surface area contributed by atoms with E-state index in [-0.39, 0.29) is 5.91 Å². The molecule has 1 N–H and O–H groups in total. The summed E-state index contributed by atoms with van der Waals surface area (Å²) in [4.78, 5) is 17.2. The summed E-state index contributed by atoms with van der Waals surface area (Å²) in [5.74, 6) is 1.53. The van der Waals surface area contributed by atoms with E-state index in [2.05, 4.69) is 10.3 Å². The molecule has 0 saturated carbocycles.